The van der Waals surface area contributed by atoms with Crippen molar-refractivity contribution < 1.29 is 14.6 Å². The molecular weight excluding hydrogens is 288 g/mol. The largest absolute Gasteiger partial charge is 0.377 e. The maximum atomic E-state index is 11.9. The Morgan fingerprint density at radius 3 is 2.96 bits per heavy atom. The maximum absolute atomic E-state index is 11.9. The zero-order valence-electron chi connectivity index (χ0n) is 13.7. The van der Waals surface area contributed by atoms with Crippen LogP contribution in [-0.2, 0) is 9.53 Å². The van der Waals surface area contributed by atoms with Gasteiger partial charge in [0.15, 0.2) is 0 Å². The van der Waals surface area contributed by atoms with E-state index in [2.05, 4.69) is 18.9 Å². The molecule has 5 rings (SSSR count). The van der Waals surface area contributed by atoms with Gasteiger partial charge in [0.1, 0.15) is 22.6 Å². The minimum Gasteiger partial charge on any atom is -0.377 e. The summed E-state index contributed by atoms with van der Waals surface area (Å²) in [5.74, 6) is 3.98. The van der Waals surface area contributed by atoms with E-state index in [4.69, 9.17) is 11.2 Å². The molecule has 0 amide bonds. The zero-order chi connectivity index (χ0) is 16.1. The molecule has 1 saturated heterocycles. The van der Waals surface area contributed by atoms with E-state index in [1.54, 1.807) is 0 Å². The van der Waals surface area contributed by atoms with Crippen molar-refractivity contribution in [2.45, 2.75) is 75.1 Å². The number of ether oxygens (including phenoxy) is 1. The molecule has 3 saturated carbocycles. The lowest BCUT2D eigenvalue weighted by Gasteiger charge is -2.50. The molecule has 6 atom stereocenters. The van der Waals surface area contributed by atoms with Crippen molar-refractivity contribution in [2.24, 2.45) is 17.3 Å². The Balaban J connectivity index is 1.56. The number of carbonyl (C=O) groups is 1. The molecule has 4 aliphatic carbocycles. The number of allylic oxidation sites excluding steroid dienone is 1. The van der Waals surface area contributed by atoms with Gasteiger partial charge in [-0.25, -0.2) is 0 Å². The van der Waals surface area contributed by atoms with E-state index >= 15 is 0 Å². The lowest BCUT2D eigenvalue weighted by molar-refractivity contribution is -0.121. The third kappa shape index (κ3) is 1.40. The van der Waals surface area contributed by atoms with Crippen LogP contribution in [0.3, 0.4) is 0 Å². The average Bonchev–Trinajstić information content (AvgIpc) is 3.14. The molecule has 0 unspecified atom stereocenters. The molecule has 0 radical (unpaired) electrons. The Kier molecular flexibility index (Phi) is 2.43. The van der Waals surface area contributed by atoms with Crippen LogP contribution in [0.2, 0.25) is 0 Å². The number of aliphatic hydroxyl groups is 1. The molecule has 4 fully saturated rings. The van der Waals surface area contributed by atoms with Crippen LogP contribution in [0.5, 0.6) is 0 Å². The minimum atomic E-state index is -0.973. The van der Waals surface area contributed by atoms with E-state index in [1.807, 2.05) is 0 Å². The van der Waals surface area contributed by atoms with Gasteiger partial charge in [-0.1, -0.05) is 18.9 Å². The first-order valence-electron chi connectivity index (χ1n) is 9.02. The fourth-order valence-electron chi connectivity index (χ4n) is 6.67. The molecule has 1 heterocycles. The van der Waals surface area contributed by atoms with Gasteiger partial charge < -0.3 is 9.84 Å². The van der Waals surface area contributed by atoms with Crippen molar-refractivity contribution >= 4 is 5.78 Å². The summed E-state index contributed by atoms with van der Waals surface area (Å²) in [6.07, 6.45) is 14.7. The molecule has 1 aliphatic heterocycles. The Bertz CT molecular complexity index is 687. The Morgan fingerprint density at radius 1 is 1.35 bits per heavy atom. The summed E-state index contributed by atoms with van der Waals surface area (Å²) < 4.78 is 6.32. The van der Waals surface area contributed by atoms with Crippen molar-refractivity contribution in [1.82, 2.24) is 0 Å². The van der Waals surface area contributed by atoms with Gasteiger partial charge in [-0.2, -0.15) is 0 Å². The van der Waals surface area contributed by atoms with Crippen LogP contribution in [0.15, 0.2) is 11.6 Å². The van der Waals surface area contributed by atoms with Crippen LogP contribution in [0, 0.1) is 29.6 Å². The first-order valence-corrected chi connectivity index (χ1v) is 9.02. The summed E-state index contributed by atoms with van der Waals surface area (Å²) in [5, 5.41) is 10.9. The molecular formula is C20H24O3. The van der Waals surface area contributed by atoms with E-state index in [1.165, 1.54) is 5.57 Å². The van der Waals surface area contributed by atoms with E-state index < -0.39 is 5.60 Å². The number of Topliss-reactive ketones (excluding diaryl/α,β-unsaturated/α-hetero) is 1. The number of fused-ring (bicyclic) bond motifs is 3. The third-order valence-electron chi connectivity index (χ3n) is 8.08. The summed E-state index contributed by atoms with van der Waals surface area (Å²) in [6, 6.07) is 0. The predicted molar refractivity (Wildman–Crippen MR) is 85.4 cm³/mol. The average molecular weight is 312 g/mol. The highest BCUT2D eigenvalue weighted by Gasteiger charge is 2.77. The van der Waals surface area contributed by atoms with Gasteiger partial charge in [-0.15, -0.1) is 6.42 Å². The van der Waals surface area contributed by atoms with E-state index in [9.17, 15) is 9.90 Å². The van der Waals surface area contributed by atoms with Crippen molar-refractivity contribution in [3.63, 3.8) is 0 Å². The second kappa shape index (κ2) is 3.92. The fraction of sp³-hybridized carbons (Fsp3) is 0.750. The molecule has 0 spiro atoms. The maximum Gasteiger partial charge on any atom is 0.136 e. The number of hydrogen-bond acceptors (Lipinski definition) is 3. The molecule has 0 bridgehead atoms. The predicted octanol–water partition coefficient (Wildman–Crippen LogP) is 2.77. The molecule has 0 aromatic heterocycles. The standard InChI is InChI=1S/C20H24O3/c1-3-18(22)9-7-15-14-5-10-19-12-13(21)4-11-20(19,23-19)16(14)6-8-17(15,18)2/h1,6,14-15,22H,4-5,7-12H2,2H3/t14-,15-,17-,18-,19+,20+/m0/s1. The molecule has 3 heteroatoms. The summed E-state index contributed by atoms with van der Waals surface area (Å²) in [4.78, 5) is 11.9. The van der Waals surface area contributed by atoms with Crippen LogP contribution < -0.4 is 0 Å². The van der Waals surface area contributed by atoms with Crippen LogP contribution in [0.1, 0.15) is 58.3 Å². The molecule has 0 aromatic carbocycles. The first kappa shape index (κ1) is 14.3. The highest BCUT2D eigenvalue weighted by molar-refractivity contribution is 5.83. The smallest absolute Gasteiger partial charge is 0.136 e. The number of rotatable bonds is 0. The van der Waals surface area contributed by atoms with Crippen LogP contribution in [-0.4, -0.2) is 27.7 Å². The molecule has 3 nitrogen and oxygen atoms in total. The van der Waals surface area contributed by atoms with E-state index in [0.29, 0.717) is 36.9 Å². The lowest BCUT2D eigenvalue weighted by atomic mass is 9.53. The Morgan fingerprint density at radius 2 is 2.17 bits per heavy atom. The van der Waals surface area contributed by atoms with Gasteiger partial charge in [0, 0.05) is 18.3 Å². The second-order valence-electron chi connectivity index (χ2n) is 8.71. The first-order chi connectivity index (χ1) is 10.9. The molecule has 23 heavy (non-hydrogen) atoms. The normalized spacial score (nSPS) is 56.6. The van der Waals surface area contributed by atoms with Crippen molar-refractivity contribution in [3.05, 3.63) is 11.6 Å². The molecule has 0 aromatic rings. The van der Waals surface area contributed by atoms with Crippen LogP contribution in [0.25, 0.3) is 0 Å². The highest BCUT2D eigenvalue weighted by Crippen LogP contribution is 2.72. The number of terminal acetylenes is 1. The minimum absolute atomic E-state index is 0.151. The number of epoxide rings is 1. The fourth-order valence-corrected chi connectivity index (χ4v) is 6.67. The quantitative estimate of drug-likeness (QED) is 0.425. The van der Waals surface area contributed by atoms with Crippen molar-refractivity contribution in [1.29, 1.82) is 0 Å². The number of carbonyl (C=O) groups excluding carboxylic acids is 1. The van der Waals surface area contributed by atoms with Gasteiger partial charge in [-0.05, 0) is 55.9 Å². The van der Waals surface area contributed by atoms with E-state index in [0.717, 1.165) is 32.1 Å². The van der Waals surface area contributed by atoms with Gasteiger partial charge in [-0.3, -0.25) is 4.79 Å². The van der Waals surface area contributed by atoms with Crippen molar-refractivity contribution in [3.8, 4) is 12.3 Å². The van der Waals surface area contributed by atoms with Crippen LogP contribution >= 0.6 is 0 Å². The summed E-state index contributed by atoms with van der Waals surface area (Å²) in [6.45, 7) is 2.18. The second-order valence-corrected chi connectivity index (χ2v) is 8.71. The molecule has 1 N–H and O–H groups in total. The molecule has 122 valence electrons. The van der Waals surface area contributed by atoms with Gasteiger partial charge in [0.2, 0.25) is 0 Å². The lowest BCUT2D eigenvalue weighted by Crippen LogP contribution is -2.51. The Labute approximate surface area is 137 Å². The highest BCUT2D eigenvalue weighted by atomic mass is 16.6. The summed E-state index contributed by atoms with van der Waals surface area (Å²) >= 11 is 0. The summed E-state index contributed by atoms with van der Waals surface area (Å²) in [5.41, 5.74) is -0.0772. The van der Waals surface area contributed by atoms with Gasteiger partial charge in [0.25, 0.3) is 0 Å². The van der Waals surface area contributed by atoms with Crippen LogP contribution in [0.4, 0.5) is 0 Å². The van der Waals surface area contributed by atoms with Crippen molar-refractivity contribution in [2.75, 3.05) is 0 Å². The zero-order valence-corrected chi connectivity index (χ0v) is 13.7. The third-order valence-corrected chi connectivity index (χ3v) is 8.08. The monoisotopic (exact) mass is 312 g/mol. The summed E-state index contributed by atoms with van der Waals surface area (Å²) in [7, 11) is 0. The van der Waals surface area contributed by atoms with E-state index in [-0.39, 0.29) is 16.6 Å². The number of ketones is 1. The van der Waals surface area contributed by atoms with Gasteiger partial charge >= 0.3 is 0 Å². The number of hydrogen-bond donors (Lipinski definition) is 1. The topological polar surface area (TPSA) is 49.8 Å². The SMILES string of the molecule is C#C[C@]1(O)CC[C@H]2[C@@H]3CC[C@@]45CC(=O)CC[C@@]4(O5)C3=CC[C@@]21C. The Hall–Kier alpha value is -1.11. The molecule has 5 aliphatic rings. The van der Waals surface area contributed by atoms with Gasteiger partial charge in [0.05, 0.1) is 0 Å².